The molecule has 11 heteroatoms. The van der Waals surface area contributed by atoms with Crippen LogP contribution in [0.1, 0.15) is 12.2 Å². The van der Waals surface area contributed by atoms with E-state index in [4.69, 9.17) is 14.7 Å². The molecule has 4 aromatic rings. The van der Waals surface area contributed by atoms with Crippen LogP contribution in [-0.2, 0) is 17.1 Å². The van der Waals surface area contributed by atoms with Crippen LogP contribution in [0, 0.1) is 5.82 Å². The van der Waals surface area contributed by atoms with Crippen LogP contribution in [0.3, 0.4) is 0 Å². The topological polar surface area (TPSA) is 126 Å². The molecule has 0 spiro atoms. The molecule has 0 atom stereocenters. The number of benzene rings is 1. The number of primary amides is 1. The summed E-state index contributed by atoms with van der Waals surface area (Å²) in [5.41, 5.74) is 5.91. The van der Waals surface area contributed by atoms with Gasteiger partial charge in [-0.05, 0) is 36.4 Å². The maximum Gasteiger partial charge on any atom is 0.257 e. The summed E-state index contributed by atoms with van der Waals surface area (Å²) in [5.74, 6) is 1.36. The van der Waals surface area contributed by atoms with Gasteiger partial charge in [0.25, 0.3) is 5.89 Å². The van der Waals surface area contributed by atoms with E-state index in [2.05, 4.69) is 20.3 Å². The predicted molar refractivity (Wildman–Crippen MR) is 101 cm³/mol. The van der Waals surface area contributed by atoms with Crippen LogP contribution < -0.4 is 5.73 Å². The van der Waals surface area contributed by atoms with Crippen molar-refractivity contribution in [3.63, 3.8) is 0 Å². The minimum Gasteiger partial charge on any atom is -0.461 e. The summed E-state index contributed by atoms with van der Waals surface area (Å²) in [4.78, 5) is 15.5. The third-order valence-corrected chi connectivity index (χ3v) is 4.89. The second kappa shape index (κ2) is 8.27. The minimum absolute atomic E-state index is 0.135. The van der Waals surface area contributed by atoms with Crippen molar-refractivity contribution < 1.29 is 18.1 Å². The van der Waals surface area contributed by atoms with Gasteiger partial charge in [-0.1, -0.05) is 16.9 Å². The van der Waals surface area contributed by atoms with E-state index in [9.17, 15) is 9.18 Å². The van der Waals surface area contributed by atoms with E-state index in [-0.39, 0.29) is 12.2 Å². The average molecular weight is 414 g/mol. The first-order valence-corrected chi connectivity index (χ1v) is 9.55. The van der Waals surface area contributed by atoms with Gasteiger partial charge in [0.05, 0.1) is 12.0 Å². The third kappa shape index (κ3) is 4.35. The van der Waals surface area contributed by atoms with E-state index in [0.29, 0.717) is 46.3 Å². The maximum atomic E-state index is 13.0. The summed E-state index contributed by atoms with van der Waals surface area (Å²) >= 11 is 1.33. The molecule has 4 rings (SSSR count). The molecule has 1 amide bonds. The van der Waals surface area contributed by atoms with Crippen molar-refractivity contribution in [2.45, 2.75) is 23.9 Å². The fourth-order valence-corrected chi connectivity index (χ4v) is 3.37. The molecule has 29 heavy (non-hydrogen) atoms. The maximum absolute atomic E-state index is 13.0. The lowest BCUT2D eigenvalue weighted by Crippen LogP contribution is -2.15. The summed E-state index contributed by atoms with van der Waals surface area (Å²) < 4.78 is 25.4. The quantitative estimate of drug-likeness (QED) is 0.436. The molecular formula is C18H15FN6O3S. The molecular weight excluding hydrogens is 399 g/mol. The lowest BCUT2D eigenvalue weighted by atomic mass is 10.2. The number of amides is 1. The molecule has 0 aliphatic rings. The zero-order valence-corrected chi connectivity index (χ0v) is 15.8. The molecule has 9 nitrogen and oxygen atoms in total. The van der Waals surface area contributed by atoms with E-state index in [1.165, 1.54) is 30.2 Å². The van der Waals surface area contributed by atoms with E-state index >= 15 is 0 Å². The number of aromatic nitrogens is 5. The van der Waals surface area contributed by atoms with E-state index in [0.717, 1.165) is 0 Å². The van der Waals surface area contributed by atoms with Crippen LogP contribution in [-0.4, -0.2) is 30.8 Å². The van der Waals surface area contributed by atoms with Crippen LogP contribution in [0.15, 0.2) is 56.8 Å². The molecule has 0 bridgehead atoms. The van der Waals surface area contributed by atoms with Crippen LogP contribution in [0.2, 0.25) is 0 Å². The molecule has 0 unspecified atom stereocenters. The molecule has 2 N–H and O–H groups in total. The fourth-order valence-electron chi connectivity index (χ4n) is 2.56. The molecule has 0 aliphatic heterocycles. The van der Waals surface area contributed by atoms with Gasteiger partial charge in [-0.25, -0.2) is 4.39 Å². The Labute approximate surface area is 168 Å². The Kier molecular flexibility index (Phi) is 5.38. The van der Waals surface area contributed by atoms with Gasteiger partial charge < -0.3 is 14.7 Å². The number of halogens is 1. The summed E-state index contributed by atoms with van der Waals surface area (Å²) in [7, 11) is 0. The molecule has 1 aromatic carbocycles. The Morgan fingerprint density at radius 3 is 2.76 bits per heavy atom. The minimum atomic E-state index is -0.429. The number of nitrogens with zero attached hydrogens (tertiary/aromatic N) is 5. The van der Waals surface area contributed by atoms with Crippen LogP contribution in [0.25, 0.3) is 23.0 Å². The number of thioether (sulfide) groups is 1. The van der Waals surface area contributed by atoms with E-state index in [1.807, 2.05) is 0 Å². The Balaban J connectivity index is 1.51. The zero-order valence-electron chi connectivity index (χ0n) is 15.0. The fraction of sp³-hybridized carbons (Fsp3) is 0.167. The number of carbonyl (C=O) groups is 1. The molecule has 148 valence electrons. The van der Waals surface area contributed by atoms with Gasteiger partial charge in [0.2, 0.25) is 5.91 Å². The van der Waals surface area contributed by atoms with E-state index < -0.39 is 5.91 Å². The highest BCUT2D eigenvalue weighted by molar-refractivity contribution is 7.98. The van der Waals surface area contributed by atoms with Crippen molar-refractivity contribution in [3.05, 3.63) is 54.3 Å². The summed E-state index contributed by atoms with van der Waals surface area (Å²) in [6.45, 7) is 0.313. The Hall–Kier alpha value is -3.47. The standard InChI is InChI=1S/C18H15FN6O3S/c19-12-5-3-11(4-6-12)17-21-15(24-28-17)10-29-18-23-22-16(13-2-1-9-27-13)25(18)8-7-14(20)26/h1-6,9H,7-8,10H2,(H2,20,26). The number of hydrogen-bond donors (Lipinski definition) is 1. The number of rotatable bonds is 8. The van der Waals surface area contributed by atoms with Crippen molar-refractivity contribution in [2.24, 2.45) is 5.73 Å². The molecule has 3 heterocycles. The molecule has 0 aliphatic carbocycles. The second-order valence-electron chi connectivity index (χ2n) is 5.96. The number of carbonyl (C=O) groups excluding carboxylic acids is 1. The highest BCUT2D eigenvalue weighted by atomic mass is 32.2. The molecule has 3 aromatic heterocycles. The van der Waals surface area contributed by atoms with Crippen molar-refractivity contribution in [1.82, 2.24) is 24.9 Å². The zero-order chi connectivity index (χ0) is 20.2. The first kappa shape index (κ1) is 18.9. The highest BCUT2D eigenvalue weighted by Crippen LogP contribution is 2.27. The Morgan fingerprint density at radius 1 is 1.21 bits per heavy atom. The number of furan rings is 1. The number of nitrogens with two attached hydrogens (primary N) is 1. The first-order chi connectivity index (χ1) is 14.1. The smallest absolute Gasteiger partial charge is 0.257 e. The average Bonchev–Trinajstić information content (AvgIpc) is 3.45. The first-order valence-electron chi connectivity index (χ1n) is 8.57. The normalized spacial score (nSPS) is 11.1. The summed E-state index contributed by atoms with van der Waals surface area (Å²) in [6, 6.07) is 9.28. The lowest BCUT2D eigenvalue weighted by molar-refractivity contribution is -0.118. The Bertz CT molecular complexity index is 1110. The van der Waals surface area contributed by atoms with Crippen molar-refractivity contribution in [2.75, 3.05) is 0 Å². The second-order valence-corrected chi connectivity index (χ2v) is 6.91. The predicted octanol–water partition coefficient (Wildman–Crippen LogP) is 2.89. The largest absolute Gasteiger partial charge is 0.461 e. The van der Waals surface area contributed by atoms with Gasteiger partial charge in [0.1, 0.15) is 5.82 Å². The van der Waals surface area contributed by atoms with Gasteiger partial charge >= 0.3 is 0 Å². The Morgan fingerprint density at radius 2 is 2.03 bits per heavy atom. The van der Waals surface area contributed by atoms with Gasteiger partial charge in [0.15, 0.2) is 22.6 Å². The number of hydrogen-bond acceptors (Lipinski definition) is 8. The van der Waals surface area contributed by atoms with Crippen molar-refractivity contribution in [1.29, 1.82) is 0 Å². The molecule has 0 fully saturated rings. The van der Waals surface area contributed by atoms with Gasteiger partial charge in [0, 0.05) is 18.5 Å². The third-order valence-electron chi connectivity index (χ3n) is 3.93. The van der Waals surface area contributed by atoms with Crippen LogP contribution >= 0.6 is 11.8 Å². The van der Waals surface area contributed by atoms with E-state index in [1.54, 1.807) is 28.8 Å². The van der Waals surface area contributed by atoms with Gasteiger partial charge in [-0.3, -0.25) is 9.36 Å². The lowest BCUT2D eigenvalue weighted by Gasteiger charge is -2.07. The van der Waals surface area contributed by atoms with Crippen LogP contribution in [0.5, 0.6) is 0 Å². The van der Waals surface area contributed by atoms with Crippen molar-refractivity contribution in [3.8, 4) is 23.0 Å². The van der Waals surface area contributed by atoms with Gasteiger partial charge in [-0.2, -0.15) is 4.98 Å². The highest BCUT2D eigenvalue weighted by Gasteiger charge is 2.18. The van der Waals surface area contributed by atoms with Crippen LogP contribution in [0.4, 0.5) is 4.39 Å². The molecule has 0 saturated heterocycles. The molecule has 0 radical (unpaired) electrons. The summed E-state index contributed by atoms with van der Waals surface area (Å²) in [6.07, 6.45) is 1.67. The van der Waals surface area contributed by atoms with Gasteiger partial charge in [-0.15, -0.1) is 10.2 Å². The SMILES string of the molecule is NC(=O)CCn1c(SCc2noc(-c3ccc(F)cc3)n2)nnc1-c1ccco1. The summed E-state index contributed by atoms with van der Waals surface area (Å²) in [5, 5.41) is 12.8. The van der Waals surface area contributed by atoms with Crippen molar-refractivity contribution >= 4 is 17.7 Å². The monoisotopic (exact) mass is 414 g/mol. The molecule has 0 saturated carbocycles.